The molecule has 1 unspecified atom stereocenters. The maximum Gasteiger partial charge on any atom is 0.242 e. The van der Waals surface area contributed by atoms with E-state index in [4.69, 9.17) is 23.2 Å². The van der Waals surface area contributed by atoms with Gasteiger partial charge >= 0.3 is 0 Å². The van der Waals surface area contributed by atoms with Gasteiger partial charge in [-0.1, -0.05) is 89.9 Å². The number of amides is 2. The maximum absolute atomic E-state index is 13.6. The molecule has 0 saturated carbocycles. The van der Waals surface area contributed by atoms with Crippen LogP contribution < -0.4 is 5.32 Å². The van der Waals surface area contributed by atoms with Crippen LogP contribution in [-0.4, -0.2) is 29.8 Å². The number of nitrogens with one attached hydrogen (secondary N) is 1. The zero-order valence-electron chi connectivity index (χ0n) is 18.1. The summed E-state index contributed by atoms with van der Waals surface area (Å²) in [6, 6.07) is 24.4. The Balaban J connectivity index is 1.94. The second-order valence-electron chi connectivity index (χ2n) is 7.63. The van der Waals surface area contributed by atoms with E-state index in [0.717, 1.165) is 16.7 Å². The van der Waals surface area contributed by atoms with Crippen LogP contribution in [0.2, 0.25) is 10.0 Å². The molecule has 0 heterocycles. The van der Waals surface area contributed by atoms with Crippen molar-refractivity contribution in [1.29, 1.82) is 0 Å². The van der Waals surface area contributed by atoms with Gasteiger partial charge in [0, 0.05) is 36.0 Å². The summed E-state index contributed by atoms with van der Waals surface area (Å²) in [6.07, 6.45) is 0.223. The Morgan fingerprint density at radius 2 is 1.47 bits per heavy atom. The van der Waals surface area contributed by atoms with Crippen LogP contribution in [-0.2, 0) is 16.1 Å². The smallest absolute Gasteiger partial charge is 0.242 e. The molecule has 0 bridgehead atoms. The second kappa shape index (κ2) is 11.2. The average Bonchev–Trinajstić information content (AvgIpc) is 2.82. The van der Waals surface area contributed by atoms with Crippen LogP contribution in [0.25, 0.3) is 0 Å². The fourth-order valence-corrected chi connectivity index (χ4v) is 4.18. The summed E-state index contributed by atoms with van der Waals surface area (Å²) in [5.74, 6) is -0.505. The fraction of sp³-hybridized carbons (Fsp3) is 0.231. The summed E-state index contributed by atoms with van der Waals surface area (Å²) in [5.41, 5.74) is 2.82. The zero-order valence-corrected chi connectivity index (χ0v) is 19.6. The van der Waals surface area contributed by atoms with Gasteiger partial charge in [0.05, 0.1) is 0 Å². The molecule has 0 fully saturated rings. The van der Waals surface area contributed by atoms with Gasteiger partial charge in [-0.2, -0.15) is 0 Å². The predicted octanol–water partition coefficient (Wildman–Crippen LogP) is 5.68. The van der Waals surface area contributed by atoms with Crippen molar-refractivity contribution in [3.8, 4) is 0 Å². The Morgan fingerprint density at radius 1 is 0.906 bits per heavy atom. The van der Waals surface area contributed by atoms with E-state index in [-0.39, 0.29) is 30.7 Å². The molecule has 1 N–H and O–H groups in total. The van der Waals surface area contributed by atoms with Crippen LogP contribution in [0.3, 0.4) is 0 Å². The Kier molecular flexibility index (Phi) is 8.32. The van der Waals surface area contributed by atoms with Crippen LogP contribution in [0.1, 0.15) is 36.0 Å². The largest absolute Gasteiger partial charge is 0.357 e. The minimum atomic E-state index is -0.661. The summed E-state index contributed by atoms with van der Waals surface area (Å²) in [4.78, 5) is 27.7. The molecule has 0 radical (unpaired) electrons. The zero-order chi connectivity index (χ0) is 23.1. The molecule has 0 saturated heterocycles. The van der Waals surface area contributed by atoms with Crippen molar-refractivity contribution < 1.29 is 9.59 Å². The molecule has 0 aliphatic heterocycles. The van der Waals surface area contributed by atoms with Crippen molar-refractivity contribution in [2.75, 3.05) is 7.05 Å². The summed E-state index contributed by atoms with van der Waals surface area (Å²) < 4.78 is 0. The van der Waals surface area contributed by atoms with Gasteiger partial charge < -0.3 is 10.2 Å². The van der Waals surface area contributed by atoms with Crippen LogP contribution in [0.15, 0.2) is 78.9 Å². The van der Waals surface area contributed by atoms with Crippen molar-refractivity contribution in [2.45, 2.75) is 31.8 Å². The number of carbonyl (C=O) groups is 2. The highest BCUT2D eigenvalue weighted by Crippen LogP contribution is 2.30. The van der Waals surface area contributed by atoms with Gasteiger partial charge in [0.1, 0.15) is 6.04 Å². The fourth-order valence-electron chi connectivity index (χ4n) is 3.72. The number of benzene rings is 3. The van der Waals surface area contributed by atoms with Crippen LogP contribution in [0.4, 0.5) is 0 Å². The van der Waals surface area contributed by atoms with Crippen molar-refractivity contribution in [2.24, 2.45) is 0 Å². The summed E-state index contributed by atoms with van der Waals surface area (Å²) >= 11 is 12.4. The van der Waals surface area contributed by atoms with Gasteiger partial charge in [-0.05, 0) is 35.7 Å². The number of nitrogens with zero attached hydrogens (tertiary/aromatic N) is 1. The third-order valence-electron chi connectivity index (χ3n) is 5.55. The minimum Gasteiger partial charge on any atom is -0.357 e. The number of likely N-dealkylation sites (N-methyl/N-ethyl adjacent to an activating group) is 1. The molecular formula is C26H26Cl2N2O2. The van der Waals surface area contributed by atoms with E-state index in [0.29, 0.717) is 10.0 Å². The first kappa shape index (κ1) is 23.8. The van der Waals surface area contributed by atoms with Crippen LogP contribution in [0.5, 0.6) is 0 Å². The molecule has 1 atom stereocenters. The van der Waals surface area contributed by atoms with E-state index < -0.39 is 6.04 Å². The molecule has 32 heavy (non-hydrogen) atoms. The van der Waals surface area contributed by atoms with E-state index in [1.54, 1.807) is 37.1 Å². The Bertz CT molecular complexity index is 1020. The van der Waals surface area contributed by atoms with Crippen molar-refractivity contribution in [3.63, 3.8) is 0 Å². The van der Waals surface area contributed by atoms with Crippen LogP contribution in [0, 0.1) is 0 Å². The Morgan fingerprint density at radius 3 is 1.97 bits per heavy atom. The van der Waals surface area contributed by atoms with Crippen LogP contribution >= 0.6 is 23.2 Å². The van der Waals surface area contributed by atoms with E-state index in [9.17, 15) is 9.59 Å². The third-order valence-corrected chi connectivity index (χ3v) is 6.14. The van der Waals surface area contributed by atoms with Gasteiger partial charge in [-0.3, -0.25) is 9.59 Å². The number of rotatable bonds is 8. The molecule has 0 aliphatic rings. The van der Waals surface area contributed by atoms with Crippen molar-refractivity contribution >= 4 is 35.0 Å². The highest BCUT2D eigenvalue weighted by Gasteiger charge is 2.29. The van der Waals surface area contributed by atoms with Gasteiger partial charge in [0.15, 0.2) is 0 Å². The third kappa shape index (κ3) is 5.90. The standard InChI is InChI=1S/C26H26Cl2N2O2/c1-18(26(32)29-2)30(17-21-13-14-22(27)15-24(21)28)25(31)16-23(19-9-5-3-6-10-19)20-11-7-4-8-12-20/h3-15,18,23H,16-17H2,1-2H3,(H,29,32). The molecule has 6 heteroatoms. The predicted molar refractivity (Wildman–Crippen MR) is 130 cm³/mol. The van der Waals surface area contributed by atoms with Gasteiger partial charge in [0.25, 0.3) is 0 Å². The average molecular weight is 469 g/mol. The van der Waals surface area contributed by atoms with E-state index in [2.05, 4.69) is 5.32 Å². The first-order chi connectivity index (χ1) is 15.4. The van der Waals surface area contributed by atoms with Gasteiger partial charge in [0.2, 0.25) is 11.8 Å². The van der Waals surface area contributed by atoms with Gasteiger partial charge in [-0.25, -0.2) is 0 Å². The monoisotopic (exact) mass is 468 g/mol. The lowest BCUT2D eigenvalue weighted by Gasteiger charge is -2.30. The first-order valence-corrected chi connectivity index (χ1v) is 11.2. The van der Waals surface area contributed by atoms with Crippen molar-refractivity contribution in [3.05, 3.63) is 106 Å². The molecular weight excluding hydrogens is 443 g/mol. The lowest BCUT2D eigenvalue weighted by molar-refractivity contribution is -0.140. The molecule has 3 rings (SSSR count). The Labute approximate surface area is 199 Å². The second-order valence-corrected chi connectivity index (χ2v) is 8.47. The highest BCUT2D eigenvalue weighted by atomic mass is 35.5. The molecule has 0 aromatic heterocycles. The molecule has 166 valence electrons. The number of carbonyl (C=O) groups excluding carboxylic acids is 2. The van der Waals surface area contributed by atoms with Gasteiger partial charge in [-0.15, -0.1) is 0 Å². The van der Waals surface area contributed by atoms with E-state index in [1.165, 1.54) is 0 Å². The topological polar surface area (TPSA) is 49.4 Å². The first-order valence-electron chi connectivity index (χ1n) is 10.5. The summed E-state index contributed by atoms with van der Waals surface area (Å²) in [5, 5.41) is 3.62. The van der Waals surface area contributed by atoms with E-state index in [1.807, 2.05) is 60.7 Å². The number of halogens is 2. The molecule has 3 aromatic carbocycles. The van der Waals surface area contributed by atoms with Crippen molar-refractivity contribution in [1.82, 2.24) is 10.2 Å². The van der Waals surface area contributed by atoms with E-state index >= 15 is 0 Å². The SMILES string of the molecule is CNC(=O)C(C)N(Cc1ccc(Cl)cc1Cl)C(=O)CC(c1ccccc1)c1ccccc1. The molecule has 4 nitrogen and oxygen atoms in total. The number of hydrogen-bond acceptors (Lipinski definition) is 2. The highest BCUT2D eigenvalue weighted by molar-refractivity contribution is 6.35. The summed E-state index contributed by atoms with van der Waals surface area (Å²) in [7, 11) is 1.56. The normalized spacial score (nSPS) is 11.8. The molecule has 2 amide bonds. The minimum absolute atomic E-state index is 0.134. The Hall–Kier alpha value is -2.82. The quantitative estimate of drug-likeness (QED) is 0.462. The molecule has 0 spiro atoms. The maximum atomic E-state index is 13.6. The lowest BCUT2D eigenvalue weighted by Crippen LogP contribution is -2.47. The summed E-state index contributed by atoms with van der Waals surface area (Å²) in [6.45, 7) is 1.93. The molecule has 0 aliphatic carbocycles. The molecule has 3 aromatic rings. The lowest BCUT2D eigenvalue weighted by atomic mass is 9.88. The number of hydrogen-bond donors (Lipinski definition) is 1.